The Morgan fingerprint density at radius 2 is 1.88 bits per heavy atom. The fourth-order valence-corrected chi connectivity index (χ4v) is 1.20. The Balaban J connectivity index is 4.67. The summed E-state index contributed by atoms with van der Waals surface area (Å²) in [5.41, 5.74) is -0.652. The van der Waals surface area contributed by atoms with E-state index < -0.39 is 24.2 Å². The molecule has 100 valence electrons. The van der Waals surface area contributed by atoms with Crippen LogP contribution < -0.4 is 0 Å². The molecule has 0 radical (unpaired) electrons. The third-order valence-corrected chi connectivity index (χ3v) is 1.87. The van der Waals surface area contributed by atoms with Gasteiger partial charge in [-0.25, -0.2) is 4.79 Å². The van der Waals surface area contributed by atoms with Gasteiger partial charge in [0.05, 0.1) is 12.6 Å². The van der Waals surface area contributed by atoms with Crippen molar-refractivity contribution in [3.63, 3.8) is 0 Å². The molecule has 0 aromatic heterocycles. The van der Waals surface area contributed by atoms with E-state index in [-0.39, 0.29) is 12.6 Å². The van der Waals surface area contributed by atoms with Gasteiger partial charge in [-0.05, 0) is 27.7 Å². The van der Waals surface area contributed by atoms with Crippen LogP contribution >= 0.6 is 0 Å². The van der Waals surface area contributed by atoms with Crippen LogP contribution in [0.3, 0.4) is 0 Å². The largest absolute Gasteiger partial charge is 0.480 e. The summed E-state index contributed by atoms with van der Waals surface area (Å²) in [6, 6.07) is -0.356. The fraction of sp³-hybridized carbons (Fsp3) is 0.818. The third kappa shape index (κ3) is 6.78. The second kappa shape index (κ2) is 6.44. The summed E-state index contributed by atoms with van der Waals surface area (Å²) in [6.45, 7) is 6.74. The number of ether oxygens (including phenoxy) is 2. The van der Waals surface area contributed by atoms with Crippen molar-refractivity contribution in [3.05, 3.63) is 0 Å². The zero-order valence-electron chi connectivity index (χ0n) is 11.0. The van der Waals surface area contributed by atoms with Crippen LogP contribution in [-0.2, 0) is 14.3 Å². The van der Waals surface area contributed by atoms with Gasteiger partial charge in [0.1, 0.15) is 12.1 Å². The molecule has 0 rings (SSSR count). The average Bonchev–Trinajstić information content (AvgIpc) is 2.11. The second-order valence-corrected chi connectivity index (χ2v) is 4.81. The van der Waals surface area contributed by atoms with Crippen molar-refractivity contribution in [2.24, 2.45) is 0 Å². The number of hydrogen-bond donors (Lipinski definition) is 1. The van der Waals surface area contributed by atoms with Gasteiger partial charge in [-0.15, -0.1) is 0 Å². The topological polar surface area (TPSA) is 76.1 Å². The van der Waals surface area contributed by atoms with E-state index in [1.165, 1.54) is 7.11 Å². The van der Waals surface area contributed by atoms with Crippen LogP contribution in [0.4, 0.5) is 4.79 Å². The summed E-state index contributed by atoms with van der Waals surface area (Å²) in [5, 5.41) is 8.76. The molecule has 6 nitrogen and oxygen atoms in total. The highest BCUT2D eigenvalue weighted by molar-refractivity contribution is 5.77. The molecule has 17 heavy (non-hydrogen) atoms. The summed E-state index contributed by atoms with van der Waals surface area (Å²) < 4.78 is 10.0. The van der Waals surface area contributed by atoms with E-state index in [9.17, 15) is 9.59 Å². The zero-order chi connectivity index (χ0) is 13.6. The third-order valence-electron chi connectivity index (χ3n) is 1.87. The smallest absolute Gasteiger partial charge is 0.411 e. The van der Waals surface area contributed by atoms with Gasteiger partial charge >= 0.3 is 12.1 Å². The van der Waals surface area contributed by atoms with Gasteiger partial charge in [0.25, 0.3) is 0 Å². The van der Waals surface area contributed by atoms with Crippen LogP contribution in [0.5, 0.6) is 0 Å². The molecule has 1 N–H and O–H groups in total. The molecule has 6 heteroatoms. The van der Waals surface area contributed by atoms with Crippen molar-refractivity contribution in [1.82, 2.24) is 4.90 Å². The molecule has 1 atom stereocenters. The predicted molar refractivity (Wildman–Crippen MR) is 61.9 cm³/mol. The van der Waals surface area contributed by atoms with Crippen LogP contribution in [0.15, 0.2) is 0 Å². The Bertz CT molecular complexity index is 272. The normalized spacial score (nSPS) is 13.0. The molecular weight excluding hydrogens is 226 g/mol. The minimum absolute atomic E-state index is 0.256. The number of hydrogen-bond acceptors (Lipinski definition) is 4. The van der Waals surface area contributed by atoms with Crippen molar-refractivity contribution in [3.8, 4) is 0 Å². The van der Waals surface area contributed by atoms with E-state index in [1.54, 1.807) is 27.7 Å². The average molecular weight is 247 g/mol. The monoisotopic (exact) mass is 247 g/mol. The van der Waals surface area contributed by atoms with Gasteiger partial charge in [0, 0.05) is 7.11 Å². The molecule has 0 saturated heterocycles. The molecule has 0 aromatic carbocycles. The SMILES string of the molecule is COCC(C)N(CC(=O)O)C(=O)OC(C)(C)C. The van der Waals surface area contributed by atoms with Crippen LogP contribution in [0.25, 0.3) is 0 Å². The molecule has 1 amide bonds. The molecule has 0 spiro atoms. The van der Waals surface area contributed by atoms with Crippen LogP contribution in [0, 0.1) is 0 Å². The highest BCUT2D eigenvalue weighted by atomic mass is 16.6. The Hall–Kier alpha value is -1.30. The minimum atomic E-state index is -1.08. The van der Waals surface area contributed by atoms with Crippen molar-refractivity contribution >= 4 is 12.1 Å². The first-order chi connectivity index (χ1) is 7.67. The van der Waals surface area contributed by atoms with Crippen molar-refractivity contribution in [1.29, 1.82) is 0 Å². The van der Waals surface area contributed by atoms with Crippen LogP contribution in [-0.4, -0.2) is 54.0 Å². The van der Waals surface area contributed by atoms with Crippen molar-refractivity contribution in [2.45, 2.75) is 39.3 Å². The van der Waals surface area contributed by atoms with E-state index in [0.29, 0.717) is 0 Å². The maximum absolute atomic E-state index is 11.8. The van der Waals surface area contributed by atoms with Gasteiger partial charge in [0.2, 0.25) is 0 Å². The molecule has 0 aromatic rings. The number of carbonyl (C=O) groups is 2. The van der Waals surface area contributed by atoms with E-state index in [2.05, 4.69) is 0 Å². The number of nitrogens with zero attached hydrogens (tertiary/aromatic N) is 1. The molecular formula is C11H21NO5. The molecule has 0 aliphatic carbocycles. The van der Waals surface area contributed by atoms with E-state index in [4.69, 9.17) is 14.6 Å². The van der Waals surface area contributed by atoms with Gasteiger partial charge in [0.15, 0.2) is 0 Å². The lowest BCUT2D eigenvalue weighted by atomic mass is 10.2. The Morgan fingerprint density at radius 1 is 1.35 bits per heavy atom. The van der Waals surface area contributed by atoms with Gasteiger partial charge < -0.3 is 14.6 Å². The number of carboxylic acids is 1. The van der Waals surface area contributed by atoms with Crippen molar-refractivity contribution in [2.75, 3.05) is 20.3 Å². The summed E-state index contributed by atoms with van der Waals surface area (Å²) in [6.07, 6.45) is -0.649. The Morgan fingerprint density at radius 3 is 2.24 bits per heavy atom. The molecule has 0 saturated carbocycles. The van der Waals surface area contributed by atoms with Crippen LogP contribution in [0.1, 0.15) is 27.7 Å². The molecule has 0 bridgehead atoms. The molecule has 1 unspecified atom stereocenters. The lowest BCUT2D eigenvalue weighted by Gasteiger charge is -2.30. The fourth-order valence-electron chi connectivity index (χ4n) is 1.20. The van der Waals surface area contributed by atoms with Gasteiger partial charge in [-0.3, -0.25) is 9.69 Å². The standard InChI is InChI=1S/C11H21NO5/c1-8(7-16-5)12(6-9(13)14)10(15)17-11(2,3)4/h8H,6-7H2,1-5H3,(H,13,14). The first kappa shape index (κ1) is 15.7. The number of amides is 1. The zero-order valence-corrected chi connectivity index (χ0v) is 11.0. The summed E-state index contributed by atoms with van der Waals surface area (Å²) in [7, 11) is 1.49. The predicted octanol–water partition coefficient (Wildman–Crippen LogP) is 1.34. The summed E-state index contributed by atoms with van der Waals surface area (Å²) in [4.78, 5) is 23.6. The lowest BCUT2D eigenvalue weighted by Crippen LogP contribution is -2.46. The lowest BCUT2D eigenvalue weighted by molar-refractivity contribution is -0.139. The highest BCUT2D eigenvalue weighted by Crippen LogP contribution is 2.12. The maximum Gasteiger partial charge on any atom is 0.411 e. The van der Waals surface area contributed by atoms with Crippen molar-refractivity contribution < 1.29 is 24.2 Å². The number of carboxylic acid groups (broad SMARTS) is 1. The Kier molecular flexibility index (Phi) is 5.95. The number of rotatable bonds is 5. The maximum atomic E-state index is 11.8. The molecule has 0 aliphatic rings. The first-order valence-corrected chi connectivity index (χ1v) is 5.37. The first-order valence-electron chi connectivity index (χ1n) is 5.37. The second-order valence-electron chi connectivity index (χ2n) is 4.81. The molecule has 0 fully saturated rings. The number of aliphatic carboxylic acids is 1. The summed E-state index contributed by atoms with van der Waals surface area (Å²) >= 11 is 0. The molecule has 0 heterocycles. The quantitative estimate of drug-likeness (QED) is 0.793. The van der Waals surface area contributed by atoms with E-state index in [0.717, 1.165) is 4.90 Å². The molecule has 0 aliphatic heterocycles. The van der Waals surface area contributed by atoms with Gasteiger partial charge in [-0.1, -0.05) is 0 Å². The minimum Gasteiger partial charge on any atom is -0.480 e. The van der Waals surface area contributed by atoms with E-state index >= 15 is 0 Å². The number of carbonyl (C=O) groups excluding carboxylic acids is 1. The van der Waals surface area contributed by atoms with Crippen LogP contribution in [0.2, 0.25) is 0 Å². The highest BCUT2D eigenvalue weighted by Gasteiger charge is 2.27. The summed E-state index contributed by atoms with van der Waals surface area (Å²) in [5.74, 6) is -1.08. The Labute approximate surface area is 101 Å². The van der Waals surface area contributed by atoms with E-state index in [1.807, 2.05) is 0 Å². The number of methoxy groups -OCH3 is 1. The van der Waals surface area contributed by atoms with Gasteiger partial charge in [-0.2, -0.15) is 0 Å².